The van der Waals surface area contributed by atoms with Crippen molar-refractivity contribution >= 4 is 21.7 Å². The topological polar surface area (TPSA) is 61.8 Å². The van der Waals surface area contributed by atoms with E-state index in [1.807, 2.05) is 12.1 Å². The molecule has 1 heterocycles. The van der Waals surface area contributed by atoms with Gasteiger partial charge < -0.3 is 10.3 Å². The Bertz CT molecular complexity index is 577. The van der Waals surface area contributed by atoms with Crippen molar-refractivity contribution in [2.75, 3.05) is 29.5 Å². The first-order valence-corrected chi connectivity index (χ1v) is 9.20. The summed E-state index contributed by atoms with van der Waals surface area (Å²) in [6.07, 6.45) is 2.37. The zero-order valence-corrected chi connectivity index (χ0v) is 13.4. The lowest BCUT2D eigenvalue weighted by Gasteiger charge is -2.20. The van der Waals surface area contributed by atoms with E-state index in [0.29, 0.717) is 6.42 Å². The zero-order valence-electron chi connectivity index (χ0n) is 12.6. The van der Waals surface area contributed by atoms with Gasteiger partial charge in [0.1, 0.15) is 0 Å². The van der Waals surface area contributed by atoms with E-state index in [0.717, 1.165) is 18.7 Å². The van der Waals surface area contributed by atoms with Crippen LogP contribution in [-0.2, 0) is 9.84 Å². The van der Waals surface area contributed by atoms with Crippen molar-refractivity contribution in [1.82, 2.24) is 5.43 Å². The second-order valence-corrected chi connectivity index (χ2v) is 7.48. The van der Waals surface area contributed by atoms with Gasteiger partial charge in [0.25, 0.3) is 0 Å². The number of hydrogen-bond acceptors (Lipinski definition) is 5. The number of benzene rings is 1. The van der Waals surface area contributed by atoms with E-state index < -0.39 is 9.84 Å². The maximum absolute atomic E-state index is 11.3. The number of nitrogens with zero attached hydrogens (tertiary/aromatic N) is 2. The fraction of sp³-hybridized carbons (Fsp3) is 0.533. The second kappa shape index (κ2) is 6.93. The molecule has 1 aliphatic rings. The Morgan fingerprint density at radius 2 is 1.95 bits per heavy atom. The van der Waals surface area contributed by atoms with E-state index in [9.17, 15) is 8.42 Å². The van der Waals surface area contributed by atoms with Crippen LogP contribution < -0.4 is 10.3 Å². The first kappa shape index (κ1) is 15.8. The summed E-state index contributed by atoms with van der Waals surface area (Å²) in [6, 6.07) is 8.14. The minimum absolute atomic E-state index is 0.0544. The molecule has 5 nitrogen and oxygen atoms in total. The largest absolute Gasteiger partial charge is 0.372 e. The standard InChI is InChI=1S/C15H23N3O2S/c1-3-18(4-2)15-7-5-13(6-8-15)11-16-17-14-9-10-21(19,20)12-14/h5-8,11,14,17H,3-4,9-10,12H2,1-2H3/b16-11+. The Balaban J connectivity index is 1.90. The highest BCUT2D eigenvalue weighted by atomic mass is 32.2. The molecule has 1 N–H and O–H groups in total. The van der Waals surface area contributed by atoms with Gasteiger partial charge in [-0.05, 0) is 38.0 Å². The maximum Gasteiger partial charge on any atom is 0.152 e. The minimum Gasteiger partial charge on any atom is -0.372 e. The first-order chi connectivity index (χ1) is 10.0. The normalized spacial score (nSPS) is 20.8. The Hall–Kier alpha value is -1.56. The lowest BCUT2D eigenvalue weighted by Crippen LogP contribution is -2.25. The monoisotopic (exact) mass is 309 g/mol. The van der Waals surface area contributed by atoms with Gasteiger partial charge in [0.05, 0.1) is 23.8 Å². The van der Waals surface area contributed by atoms with Crippen molar-refractivity contribution in [1.29, 1.82) is 0 Å². The summed E-state index contributed by atoms with van der Waals surface area (Å²) in [7, 11) is -2.85. The molecule has 0 amide bonds. The highest BCUT2D eigenvalue weighted by molar-refractivity contribution is 7.91. The smallest absolute Gasteiger partial charge is 0.152 e. The van der Waals surface area contributed by atoms with Crippen molar-refractivity contribution in [3.8, 4) is 0 Å². The molecular weight excluding hydrogens is 286 g/mol. The van der Waals surface area contributed by atoms with E-state index in [1.165, 1.54) is 5.69 Å². The van der Waals surface area contributed by atoms with Gasteiger partial charge in [-0.3, -0.25) is 0 Å². The summed E-state index contributed by atoms with van der Waals surface area (Å²) in [5.41, 5.74) is 5.13. The molecule has 0 spiro atoms. The molecule has 0 aromatic heterocycles. The Labute approximate surface area is 127 Å². The van der Waals surface area contributed by atoms with Crippen LogP contribution in [0, 0.1) is 0 Å². The third kappa shape index (κ3) is 4.46. The molecule has 1 unspecified atom stereocenters. The summed E-state index contributed by atoms with van der Waals surface area (Å²) in [5.74, 6) is 0.448. The third-order valence-corrected chi connectivity index (χ3v) is 5.49. The molecule has 0 saturated carbocycles. The summed E-state index contributed by atoms with van der Waals surface area (Å²) in [4.78, 5) is 2.28. The quantitative estimate of drug-likeness (QED) is 0.641. The third-order valence-electron chi connectivity index (χ3n) is 3.72. The van der Waals surface area contributed by atoms with Crippen molar-refractivity contribution in [3.63, 3.8) is 0 Å². The predicted molar refractivity (Wildman–Crippen MR) is 87.8 cm³/mol. The van der Waals surface area contributed by atoms with Crippen molar-refractivity contribution in [2.24, 2.45) is 5.10 Å². The second-order valence-electron chi connectivity index (χ2n) is 5.25. The van der Waals surface area contributed by atoms with Gasteiger partial charge in [0.15, 0.2) is 9.84 Å². The van der Waals surface area contributed by atoms with Crippen molar-refractivity contribution in [2.45, 2.75) is 26.3 Å². The SMILES string of the molecule is CCN(CC)c1ccc(/C=N/NC2CCS(=O)(=O)C2)cc1. The van der Waals surface area contributed by atoms with Gasteiger partial charge in [-0.25, -0.2) is 8.42 Å². The van der Waals surface area contributed by atoms with Crippen molar-refractivity contribution < 1.29 is 8.42 Å². The molecule has 2 rings (SSSR count). The average Bonchev–Trinajstić information content (AvgIpc) is 2.81. The van der Waals surface area contributed by atoms with Gasteiger partial charge in [0, 0.05) is 18.8 Å². The van der Waals surface area contributed by atoms with Crippen LogP contribution >= 0.6 is 0 Å². The zero-order chi connectivity index (χ0) is 15.3. The van der Waals surface area contributed by atoms with E-state index in [1.54, 1.807) is 6.21 Å². The van der Waals surface area contributed by atoms with Crippen molar-refractivity contribution in [3.05, 3.63) is 29.8 Å². The molecule has 1 aromatic rings. The molecule has 1 aliphatic heterocycles. The van der Waals surface area contributed by atoms with E-state index in [2.05, 4.69) is 41.4 Å². The number of anilines is 1. The molecule has 1 atom stereocenters. The van der Waals surface area contributed by atoms with Crippen LogP contribution in [0.2, 0.25) is 0 Å². The number of rotatable bonds is 6. The fourth-order valence-electron chi connectivity index (χ4n) is 2.47. The van der Waals surface area contributed by atoms with Crippen LogP contribution in [0.25, 0.3) is 0 Å². The highest BCUT2D eigenvalue weighted by Crippen LogP contribution is 2.14. The number of nitrogens with one attached hydrogen (secondary N) is 1. The molecule has 0 bridgehead atoms. The highest BCUT2D eigenvalue weighted by Gasteiger charge is 2.27. The van der Waals surface area contributed by atoms with Crippen LogP contribution in [0.5, 0.6) is 0 Å². The van der Waals surface area contributed by atoms with Crippen LogP contribution in [0.4, 0.5) is 5.69 Å². The van der Waals surface area contributed by atoms with Gasteiger partial charge >= 0.3 is 0 Å². The Morgan fingerprint density at radius 3 is 2.48 bits per heavy atom. The van der Waals surface area contributed by atoms with Crippen LogP contribution in [0.3, 0.4) is 0 Å². The number of sulfone groups is 1. The fourth-order valence-corrected chi connectivity index (χ4v) is 4.14. The number of hydrogen-bond donors (Lipinski definition) is 1. The van der Waals surface area contributed by atoms with E-state index >= 15 is 0 Å². The minimum atomic E-state index is -2.85. The van der Waals surface area contributed by atoms with Gasteiger partial charge in [-0.1, -0.05) is 12.1 Å². The Morgan fingerprint density at radius 1 is 1.29 bits per heavy atom. The van der Waals surface area contributed by atoms with Crippen LogP contribution in [0.15, 0.2) is 29.4 Å². The van der Waals surface area contributed by atoms with E-state index in [4.69, 9.17) is 0 Å². The molecule has 6 heteroatoms. The summed E-state index contributed by atoms with van der Waals surface area (Å²) < 4.78 is 22.7. The van der Waals surface area contributed by atoms with Crippen LogP contribution in [0.1, 0.15) is 25.8 Å². The van der Waals surface area contributed by atoms with Gasteiger partial charge in [-0.15, -0.1) is 0 Å². The lowest BCUT2D eigenvalue weighted by molar-refractivity contribution is 0.578. The molecule has 21 heavy (non-hydrogen) atoms. The molecule has 1 fully saturated rings. The predicted octanol–water partition coefficient (Wildman–Crippen LogP) is 1.64. The summed E-state index contributed by atoms with van der Waals surface area (Å²) in [5, 5.41) is 4.15. The molecule has 0 aliphatic carbocycles. The lowest BCUT2D eigenvalue weighted by atomic mass is 10.2. The Kier molecular flexibility index (Phi) is 5.22. The average molecular weight is 309 g/mol. The molecule has 1 saturated heterocycles. The van der Waals surface area contributed by atoms with Gasteiger partial charge in [-0.2, -0.15) is 5.10 Å². The molecular formula is C15H23N3O2S. The molecule has 1 aromatic carbocycles. The maximum atomic E-state index is 11.3. The first-order valence-electron chi connectivity index (χ1n) is 7.38. The summed E-state index contributed by atoms with van der Waals surface area (Å²) >= 11 is 0. The van der Waals surface area contributed by atoms with Gasteiger partial charge in [0.2, 0.25) is 0 Å². The summed E-state index contributed by atoms with van der Waals surface area (Å²) in [6.45, 7) is 6.25. The van der Waals surface area contributed by atoms with E-state index in [-0.39, 0.29) is 17.5 Å². The molecule has 0 radical (unpaired) electrons. The number of hydrazone groups is 1. The molecule has 116 valence electrons. The van der Waals surface area contributed by atoms with Crippen LogP contribution in [-0.4, -0.2) is 45.3 Å².